The Hall–Kier alpha value is -1.02. The summed E-state index contributed by atoms with van der Waals surface area (Å²) >= 11 is 5.48. The van der Waals surface area contributed by atoms with Gasteiger partial charge in [-0.3, -0.25) is 0 Å². The molecule has 0 unspecified atom stereocenters. The number of aromatic hydroxyl groups is 1. The minimum Gasteiger partial charge on any atom is -0.504 e. The third-order valence-electron chi connectivity index (χ3n) is 1.53. The van der Waals surface area contributed by atoms with Crippen molar-refractivity contribution >= 4 is 17.2 Å². The van der Waals surface area contributed by atoms with Crippen LogP contribution < -0.4 is 0 Å². The second kappa shape index (κ2) is 3.59. The van der Waals surface area contributed by atoms with E-state index in [2.05, 4.69) is 6.58 Å². The van der Waals surface area contributed by atoms with Crippen LogP contribution in [0.5, 0.6) is 5.75 Å². The summed E-state index contributed by atoms with van der Waals surface area (Å²) in [5.41, 5.74) is 0.874. The molecule has 0 bridgehead atoms. The highest BCUT2D eigenvalue weighted by Gasteiger charge is 2.07. The van der Waals surface area contributed by atoms with Gasteiger partial charge in [-0.05, 0) is 11.6 Å². The molecule has 1 nitrogen and oxygen atoms in total. The van der Waals surface area contributed by atoms with Crippen LogP contribution in [0, 0.1) is 5.82 Å². The fraction of sp³-hybridized carbons (Fsp3) is 0.111. The Morgan fingerprint density at radius 3 is 2.83 bits per heavy atom. The lowest BCUT2D eigenvalue weighted by Crippen LogP contribution is -1.87. The van der Waals surface area contributed by atoms with E-state index in [-0.39, 0.29) is 11.6 Å². The van der Waals surface area contributed by atoms with Crippen molar-refractivity contribution in [3.05, 3.63) is 36.2 Å². The van der Waals surface area contributed by atoms with Crippen LogP contribution in [0.15, 0.2) is 24.8 Å². The van der Waals surface area contributed by atoms with Crippen LogP contribution in [0.1, 0.15) is 5.56 Å². The molecular formula is C9H8ClFO. The molecule has 0 aliphatic heterocycles. The van der Waals surface area contributed by atoms with Gasteiger partial charge in [-0.2, -0.15) is 0 Å². The first-order valence-electron chi connectivity index (χ1n) is 3.38. The van der Waals surface area contributed by atoms with Gasteiger partial charge in [0, 0.05) is 11.4 Å². The second-order valence-electron chi connectivity index (χ2n) is 2.37. The van der Waals surface area contributed by atoms with Crippen molar-refractivity contribution in [2.75, 3.05) is 5.88 Å². The van der Waals surface area contributed by atoms with Gasteiger partial charge in [-0.15, -0.1) is 11.6 Å². The van der Waals surface area contributed by atoms with Gasteiger partial charge in [-0.1, -0.05) is 18.7 Å². The number of allylic oxidation sites excluding steroid dienone is 1. The summed E-state index contributed by atoms with van der Waals surface area (Å²) in [7, 11) is 0. The van der Waals surface area contributed by atoms with Crippen LogP contribution in [0.2, 0.25) is 0 Å². The zero-order valence-electron chi connectivity index (χ0n) is 6.35. The quantitative estimate of drug-likeness (QED) is 0.705. The maximum atomic E-state index is 12.7. The van der Waals surface area contributed by atoms with Crippen LogP contribution in [-0.2, 0) is 0 Å². The first kappa shape index (κ1) is 9.07. The normalized spacial score (nSPS) is 9.83. The third-order valence-corrected chi connectivity index (χ3v) is 1.85. The highest BCUT2D eigenvalue weighted by atomic mass is 35.5. The lowest BCUT2D eigenvalue weighted by molar-refractivity contribution is 0.431. The minimum atomic E-state index is -0.654. The van der Waals surface area contributed by atoms with Crippen molar-refractivity contribution < 1.29 is 9.50 Å². The van der Waals surface area contributed by atoms with Crippen molar-refractivity contribution in [1.29, 1.82) is 0 Å². The van der Waals surface area contributed by atoms with E-state index in [0.29, 0.717) is 11.1 Å². The highest BCUT2D eigenvalue weighted by molar-refractivity contribution is 6.23. The second-order valence-corrected chi connectivity index (χ2v) is 2.64. The number of alkyl halides is 1. The van der Waals surface area contributed by atoms with Gasteiger partial charge < -0.3 is 5.11 Å². The molecule has 0 aromatic heterocycles. The van der Waals surface area contributed by atoms with Crippen molar-refractivity contribution in [3.63, 3.8) is 0 Å². The molecule has 0 fully saturated rings. The predicted octanol–water partition coefficient (Wildman–Crippen LogP) is 2.78. The molecule has 0 aliphatic carbocycles. The van der Waals surface area contributed by atoms with Crippen molar-refractivity contribution in [1.82, 2.24) is 0 Å². The Morgan fingerprint density at radius 2 is 2.25 bits per heavy atom. The van der Waals surface area contributed by atoms with Crippen molar-refractivity contribution in [3.8, 4) is 5.75 Å². The summed E-state index contributed by atoms with van der Waals surface area (Å²) in [5.74, 6) is -0.862. The molecule has 0 amide bonds. The Morgan fingerprint density at radius 1 is 1.58 bits per heavy atom. The molecule has 1 aromatic rings. The summed E-state index contributed by atoms with van der Waals surface area (Å²) < 4.78 is 12.7. The summed E-state index contributed by atoms with van der Waals surface area (Å²) in [6, 6.07) is 4.26. The number of halogens is 2. The van der Waals surface area contributed by atoms with Gasteiger partial charge in [0.2, 0.25) is 0 Å². The Kier molecular flexibility index (Phi) is 2.71. The molecule has 0 heterocycles. The molecule has 0 radical (unpaired) electrons. The number of phenolic OH excluding ortho intramolecular Hbond substituents is 1. The van der Waals surface area contributed by atoms with E-state index in [9.17, 15) is 9.50 Å². The van der Waals surface area contributed by atoms with E-state index in [1.54, 1.807) is 6.07 Å². The summed E-state index contributed by atoms with van der Waals surface area (Å²) in [4.78, 5) is 0. The third kappa shape index (κ3) is 1.59. The SMILES string of the molecule is C=C(CCl)c1cccc(F)c1O. The van der Waals surface area contributed by atoms with E-state index in [0.717, 1.165) is 0 Å². The van der Waals surface area contributed by atoms with Crippen LogP contribution in [0.25, 0.3) is 5.57 Å². The minimum absolute atomic E-state index is 0.178. The van der Waals surface area contributed by atoms with Gasteiger partial charge in [0.25, 0.3) is 0 Å². The van der Waals surface area contributed by atoms with Crippen molar-refractivity contribution in [2.24, 2.45) is 0 Å². The topological polar surface area (TPSA) is 20.2 Å². The smallest absolute Gasteiger partial charge is 0.165 e. The van der Waals surface area contributed by atoms with Gasteiger partial charge in [0.05, 0.1) is 0 Å². The largest absolute Gasteiger partial charge is 0.504 e. The zero-order valence-corrected chi connectivity index (χ0v) is 7.11. The van der Waals surface area contributed by atoms with E-state index >= 15 is 0 Å². The number of para-hydroxylation sites is 1. The molecule has 1 N–H and O–H groups in total. The van der Waals surface area contributed by atoms with E-state index in [1.807, 2.05) is 0 Å². The van der Waals surface area contributed by atoms with Gasteiger partial charge in [-0.25, -0.2) is 4.39 Å². The fourth-order valence-electron chi connectivity index (χ4n) is 0.873. The zero-order chi connectivity index (χ0) is 9.14. The summed E-state index contributed by atoms with van der Waals surface area (Å²) in [6.45, 7) is 3.59. The average molecular weight is 187 g/mol. The molecular weight excluding hydrogens is 179 g/mol. The van der Waals surface area contributed by atoms with E-state index in [1.165, 1.54) is 12.1 Å². The Bertz CT molecular complexity index is 309. The lowest BCUT2D eigenvalue weighted by atomic mass is 10.1. The van der Waals surface area contributed by atoms with Gasteiger partial charge in [0.15, 0.2) is 11.6 Å². The Balaban J connectivity index is 3.16. The monoisotopic (exact) mass is 186 g/mol. The number of phenols is 1. The molecule has 0 saturated heterocycles. The first-order valence-corrected chi connectivity index (χ1v) is 3.92. The molecule has 64 valence electrons. The van der Waals surface area contributed by atoms with Gasteiger partial charge >= 0.3 is 0 Å². The predicted molar refractivity (Wildman–Crippen MR) is 47.8 cm³/mol. The number of benzene rings is 1. The molecule has 3 heteroatoms. The molecule has 0 atom stereocenters. The molecule has 1 rings (SSSR count). The summed E-state index contributed by atoms with van der Waals surface area (Å²) in [5, 5.41) is 9.20. The summed E-state index contributed by atoms with van der Waals surface area (Å²) in [6.07, 6.45) is 0. The lowest BCUT2D eigenvalue weighted by Gasteiger charge is -2.04. The molecule has 0 saturated carbocycles. The van der Waals surface area contributed by atoms with Crippen LogP contribution in [0.3, 0.4) is 0 Å². The standard InChI is InChI=1S/C9H8ClFO/c1-6(5-10)7-3-2-4-8(11)9(7)12/h2-4,12H,1,5H2. The number of rotatable bonds is 2. The Labute approximate surface area is 75.1 Å². The molecule has 0 spiro atoms. The van der Waals surface area contributed by atoms with E-state index < -0.39 is 5.82 Å². The van der Waals surface area contributed by atoms with Crippen LogP contribution in [0.4, 0.5) is 4.39 Å². The average Bonchev–Trinajstić information content (AvgIpc) is 2.08. The van der Waals surface area contributed by atoms with Crippen LogP contribution in [-0.4, -0.2) is 11.0 Å². The van der Waals surface area contributed by atoms with Crippen molar-refractivity contribution in [2.45, 2.75) is 0 Å². The number of hydrogen-bond acceptors (Lipinski definition) is 1. The first-order chi connectivity index (χ1) is 5.66. The number of hydrogen-bond donors (Lipinski definition) is 1. The maximum Gasteiger partial charge on any atom is 0.165 e. The fourth-order valence-corrected chi connectivity index (χ4v) is 1.02. The van der Waals surface area contributed by atoms with Crippen LogP contribution >= 0.6 is 11.6 Å². The molecule has 0 aliphatic rings. The molecule has 12 heavy (non-hydrogen) atoms. The molecule has 1 aromatic carbocycles. The van der Waals surface area contributed by atoms with E-state index in [4.69, 9.17) is 11.6 Å². The van der Waals surface area contributed by atoms with Gasteiger partial charge in [0.1, 0.15) is 0 Å². The maximum absolute atomic E-state index is 12.7. The highest BCUT2D eigenvalue weighted by Crippen LogP contribution is 2.26.